The van der Waals surface area contributed by atoms with Crippen LogP contribution in [0, 0.1) is 0 Å². The fourth-order valence-corrected chi connectivity index (χ4v) is 5.95. The molecule has 1 fully saturated rings. The minimum Gasteiger partial charge on any atom is -0.393 e. The Labute approximate surface area is 183 Å². The van der Waals surface area contributed by atoms with Crippen LogP contribution in [0.25, 0.3) is 0 Å². The molecule has 0 bridgehead atoms. The molecular weight excluding hydrogens is 519 g/mol. The van der Waals surface area contributed by atoms with E-state index in [0.717, 1.165) is 6.20 Å². The van der Waals surface area contributed by atoms with E-state index in [2.05, 4.69) is 19.7 Å². The van der Waals surface area contributed by atoms with Crippen LogP contribution in [0.1, 0.15) is 6.42 Å². The maximum atomic E-state index is 12.3. The zero-order valence-electron chi connectivity index (χ0n) is 16.2. The third-order valence-corrected chi connectivity index (χ3v) is 7.96. The third-order valence-electron chi connectivity index (χ3n) is 4.15. The van der Waals surface area contributed by atoms with Crippen LogP contribution in [-0.2, 0) is 37.3 Å². The van der Waals surface area contributed by atoms with Crippen molar-refractivity contribution in [1.29, 1.82) is 0 Å². The fraction of sp³-hybridized carbons (Fsp3) is 0.500. The quantitative estimate of drug-likeness (QED) is 0.116. The van der Waals surface area contributed by atoms with Crippen LogP contribution in [0.5, 0.6) is 0 Å². The van der Waals surface area contributed by atoms with Crippen LogP contribution in [0.4, 0.5) is 5.69 Å². The summed E-state index contributed by atoms with van der Waals surface area (Å²) in [6.45, 7) is 2.32. The van der Waals surface area contributed by atoms with Gasteiger partial charge >= 0.3 is 29.2 Å². The summed E-state index contributed by atoms with van der Waals surface area (Å²) >= 11 is 0. The van der Waals surface area contributed by atoms with Gasteiger partial charge < -0.3 is 40.3 Å². The lowest BCUT2D eigenvalue weighted by atomic mass is 9.99. The first-order valence-electron chi connectivity index (χ1n) is 8.48. The second kappa shape index (κ2) is 9.64. The molecule has 0 aliphatic carbocycles. The third kappa shape index (κ3) is 6.55. The predicted octanol–water partition coefficient (Wildman–Crippen LogP) is -2.19. The van der Waals surface area contributed by atoms with Crippen molar-refractivity contribution in [3.8, 4) is 0 Å². The Bertz CT molecular complexity index is 1160. The molecule has 0 saturated carbocycles. The molecule has 21 heteroatoms. The second-order valence-corrected chi connectivity index (χ2v) is 10.9. The zero-order chi connectivity index (χ0) is 25.4. The summed E-state index contributed by atoms with van der Waals surface area (Å²) in [4.78, 5) is 61.4. The minimum atomic E-state index is -5.79. The van der Waals surface area contributed by atoms with Crippen molar-refractivity contribution in [2.75, 3.05) is 12.3 Å². The minimum absolute atomic E-state index is 0.359. The summed E-state index contributed by atoms with van der Waals surface area (Å²) in [5, 5.41) is 20.9. The van der Waals surface area contributed by atoms with Crippen molar-refractivity contribution >= 4 is 29.2 Å². The number of nitrogens with one attached hydrogen (secondary N) is 1. The Morgan fingerprint density at radius 1 is 1.18 bits per heavy atom. The molecule has 1 saturated heterocycles. The standard InChI is InChI=1S/C12H20N3O15P3/c1-2-3-12(15-4-6(13)10(18)14-11(15)19)9(17)8(16)7(28-12)5-27-32(23,24)30-33(25,26)29-31(20,21)22/h2,4,7-9,16-17H,1,3,5,13H2,(H,23,24)(H,25,26)(H,14,18,19)(H2,20,21,22)/t7-,8-,9-,12-/m1/s1. The first-order valence-corrected chi connectivity index (χ1v) is 13.0. The Kier molecular flexibility index (Phi) is 8.10. The van der Waals surface area contributed by atoms with E-state index in [1.54, 1.807) is 0 Å². The molecule has 9 N–H and O–H groups in total. The number of aliphatic hydroxyl groups is 2. The van der Waals surface area contributed by atoms with E-state index in [1.165, 1.54) is 6.08 Å². The van der Waals surface area contributed by atoms with Gasteiger partial charge in [-0.2, -0.15) is 8.62 Å². The van der Waals surface area contributed by atoms with Crippen LogP contribution >= 0.6 is 23.5 Å². The van der Waals surface area contributed by atoms with Gasteiger partial charge in [-0.1, -0.05) is 6.08 Å². The highest BCUT2D eigenvalue weighted by Gasteiger charge is 2.56. The summed E-state index contributed by atoms with van der Waals surface area (Å²) in [6.07, 6.45) is -3.88. The highest BCUT2D eigenvalue weighted by Crippen LogP contribution is 2.66. The number of H-pyrrole nitrogens is 1. The van der Waals surface area contributed by atoms with E-state index < -0.39 is 71.0 Å². The number of phosphoric ester groups is 1. The lowest BCUT2D eigenvalue weighted by molar-refractivity contribution is -0.147. The van der Waals surface area contributed by atoms with E-state index >= 15 is 0 Å². The molecule has 0 aromatic carbocycles. The topological polar surface area (TPSA) is 290 Å². The van der Waals surface area contributed by atoms with Gasteiger partial charge in [-0.3, -0.25) is 18.9 Å². The van der Waals surface area contributed by atoms with Crippen molar-refractivity contribution in [3.63, 3.8) is 0 Å². The average Bonchev–Trinajstić information content (AvgIpc) is 2.86. The van der Waals surface area contributed by atoms with E-state index in [1.807, 2.05) is 4.98 Å². The van der Waals surface area contributed by atoms with Crippen LogP contribution in [0.3, 0.4) is 0 Å². The molecule has 18 nitrogen and oxygen atoms in total. The number of nitrogen functional groups attached to an aromatic ring is 1. The highest BCUT2D eigenvalue weighted by molar-refractivity contribution is 7.66. The average molecular weight is 539 g/mol. The summed E-state index contributed by atoms with van der Waals surface area (Å²) < 4.78 is 51.5. The molecule has 1 aliphatic heterocycles. The van der Waals surface area contributed by atoms with Gasteiger partial charge in [0.2, 0.25) is 0 Å². The Morgan fingerprint density at radius 2 is 1.79 bits per heavy atom. The number of ether oxygens (including phenoxy) is 1. The van der Waals surface area contributed by atoms with Crippen molar-refractivity contribution < 1.29 is 61.4 Å². The monoisotopic (exact) mass is 539 g/mol. The Hall–Kier alpha value is -1.49. The number of aliphatic hydroxyl groups excluding tert-OH is 2. The SMILES string of the molecule is C=CC[C@@]1(n2cc(N)c(=O)[nH]c2=O)O[C@H](COP(=O)(O)OP(=O)(O)OP(=O)(O)O)[C@@H](O)[C@H]1O. The molecule has 1 aromatic heterocycles. The lowest BCUT2D eigenvalue weighted by Gasteiger charge is -2.33. The Morgan fingerprint density at radius 3 is 2.33 bits per heavy atom. The Balaban J connectivity index is 2.28. The van der Waals surface area contributed by atoms with Crippen LogP contribution in [0.15, 0.2) is 28.4 Å². The number of nitrogens with two attached hydrogens (primary N) is 1. The van der Waals surface area contributed by atoms with Gasteiger partial charge in [0.05, 0.1) is 6.61 Å². The number of phosphoric acid groups is 3. The van der Waals surface area contributed by atoms with Crippen LogP contribution in [0.2, 0.25) is 0 Å². The lowest BCUT2D eigenvalue weighted by Crippen LogP contribution is -2.51. The zero-order valence-corrected chi connectivity index (χ0v) is 18.9. The van der Waals surface area contributed by atoms with E-state index in [0.29, 0.717) is 4.57 Å². The highest BCUT2D eigenvalue weighted by atomic mass is 31.3. The number of nitrogens with zero attached hydrogens (tertiary/aromatic N) is 1. The molecule has 0 radical (unpaired) electrons. The first-order chi connectivity index (χ1) is 14.9. The summed E-state index contributed by atoms with van der Waals surface area (Å²) in [7, 11) is -17.0. The van der Waals surface area contributed by atoms with Gasteiger partial charge in [-0.25, -0.2) is 18.5 Å². The van der Waals surface area contributed by atoms with Crippen molar-refractivity contribution in [1.82, 2.24) is 9.55 Å². The first kappa shape index (κ1) is 27.8. The molecule has 1 aromatic rings. The smallest absolute Gasteiger partial charge is 0.393 e. The van der Waals surface area contributed by atoms with Crippen molar-refractivity contribution in [2.45, 2.75) is 30.5 Å². The molecule has 33 heavy (non-hydrogen) atoms. The van der Waals surface area contributed by atoms with Gasteiger partial charge in [-0.05, 0) is 0 Å². The maximum Gasteiger partial charge on any atom is 0.490 e. The molecule has 2 rings (SSSR count). The molecule has 0 amide bonds. The van der Waals surface area contributed by atoms with E-state index in [4.69, 9.17) is 25.2 Å². The normalized spacial score (nSPS) is 29.3. The summed E-state index contributed by atoms with van der Waals surface area (Å²) in [5.41, 5.74) is 0.861. The second-order valence-electron chi connectivity index (χ2n) is 6.53. The van der Waals surface area contributed by atoms with Crippen LogP contribution in [-0.4, -0.2) is 64.3 Å². The van der Waals surface area contributed by atoms with Gasteiger partial charge in [-0.15, -0.1) is 6.58 Å². The maximum absolute atomic E-state index is 12.3. The van der Waals surface area contributed by atoms with Crippen molar-refractivity contribution in [2.24, 2.45) is 0 Å². The number of rotatable bonds is 10. The summed E-state index contributed by atoms with van der Waals surface area (Å²) in [6, 6.07) is 0. The molecule has 1 aliphatic rings. The number of hydrogen-bond acceptors (Lipinski definition) is 12. The molecular formula is C12H20N3O15P3. The van der Waals surface area contributed by atoms with Gasteiger partial charge in [0.15, 0.2) is 5.72 Å². The number of hydrogen-bond donors (Lipinski definition) is 8. The van der Waals surface area contributed by atoms with Crippen LogP contribution < -0.4 is 17.0 Å². The van der Waals surface area contributed by atoms with Gasteiger partial charge in [0.1, 0.15) is 24.0 Å². The largest absolute Gasteiger partial charge is 0.490 e. The van der Waals surface area contributed by atoms with Crippen molar-refractivity contribution in [3.05, 3.63) is 39.7 Å². The molecule has 6 atom stereocenters. The number of anilines is 1. The van der Waals surface area contributed by atoms with Gasteiger partial charge in [0.25, 0.3) is 5.56 Å². The summed E-state index contributed by atoms with van der Waals surface area (Å²) in [5.74, 6) is 0. The molecule has 2 heterocycles. The van der Waals surface area contributed by atoms with E-state index in [-0.39, 0.29) is 6.42 Å². The molecule has 188 valence electrons. The number of aromatic nitrogens is 2. The molecule has 2 unspecified atom stereocenters. The van der Waals surface area contributed by atoms with Gasteiger partial charge in [0, 0.05) is 12.6 Å². The van der Waals surface area contributed by atoms with E-state index in [9.17, 15) is 38.4 Å². The predicted molar refractivity (Wildman–Crippen MR) is 105 cm³/mol. The number of aromatic amines is 1. The molecule has 0 spiro atoms. The fourth-order valence-electron chi connectivity index (χ4n) is 2.92.